The number of fused-ring (bicyclic) bond motifs is 1. The van der Waals surface area contributed by atoms with Gasteiger partial charge in [-0.15, -0.1) is 0 Å². The molecule has 1 aliphatic heterocycles. The zero-order valence-corrected chi connectivity index (χ0v) is 22.5. The number of aliphatic hydroxyl groups excluding tert-OH is 3. The number of hydrogen-bond donors (Lipinski definition) is 4. The highest BCUT2D eigenvalue weighted by molar-refractivity contribution is 7.93. The lowest BCUT2D eigenvalue weighted by Crippen LogP contribution is -2.56. The van der Waals surface area contributed by atoms with Crippen LogP contribution in [-0.4, -0.2) is 80.0 Å². The molecule has 0 radical (unpaired) electrons. The van der Waals surface area contributed by atoms with Gasteiger partial charge in [-0.05, 0) is 53.6 Å². The van der Waals surface area contributed by atoms with Crippen molar-refractivity contribution in [3.63, 3.8) is 0 Å². The Morgan fingerprint density at radius 2 is 1.79 bits per heavy atom. The fourth-order valence-corrected chi connectivity index (χ4v) is 5.78. The van der Waals surface area contributed by atoms with E-state index in [1.165, 1.54) is 0 Å². The smallest absolute Gasteiger partial charge is 0.251 e. The Balaban J connectivity index is 1.60. The van der Waals surface area contributed by atoms with Crippen molar-refractivity contribution in [1.29, 1.82) is 5.26 Å². The second kappa shape index (κ2) is 10.9. The minimum Gasteiger partial charge on any atom is -0.388 e. The maximum absolute atomic E-state index is 13.0. The van der Waals surface area contributed by atoms with E-state index in [0.717, 1.165) is 27.7 Å². The number of nitrogens with zero attached hydrogens (tertiary/aromatic N) is 3. The maximum Gasteiger partial charge on any atom is 0.251 e. The number of aliphatic hydroxyl groups is 3. The predicted molar refractivity (Wildman–Crippen MR) is 146 cm³/mol. The number of allylic oxidation sites excluding steroid dienone is 2. The summed E-state index contributed by atoms with van der Waals surface area (Å²) in [5.74, 6) is 0. The number of benzene rings is 2. The maximum atomic E-state index is 13.0. The molecule has 0 spiro atoms. The molecule has 1 saturated heterocycles. The molecule has 3 aromatic rings. The molecule has 2 heterocycles. The third-order valence-corrected chi connectivity index (χ3v) is 8.42. The molecule has 0 saturated carbocycles. The molecule has 10 nitrogen and oxygen atoms in total. The molecule has 0 unspecified atom stereocenters. The van der Waals surface area contributed by atoms with Crippen molar-refractivity contribution in [3.05, 3.63) is 59.1 Å². The largest absolute Gasteiger partial charge is 0.388 e. The lowest BCUT2D eigenvalue weighted by Gasteiger charge is -2.35. The number of nitriles is 1. The monoisotopic (exact) mass is 540 g/mol. The highest BCUT2D eigenvalue weighted by Gasteiger charge is 2.38. The molecule has 1 aromatic heterocycles. The summed E-state index contributed by atoms with van der Waals surface area (Å²) in [5, 5.41) is 41.4. The van der Waals surface area contributed by atoms with Crippen LogP contribution in [0.3, 0.4) is 0 Å². The van der Waals surface area contributed by atoms with E-state index in [-0.39, 0.29) is 18.7 Å². The van der Waals surface area contributed by atoms with Crippen LogP contribution < -0.4 is 9.62 Å². The first-order chi connectivity index (χ1) is 17.9. The summed E-state index contributed by atoms with van der Waals surface area (Å²) in [6.07, 6.45) is -5.28. The summed E-state index contributed by atoms with van der Waals surface area (Å²) >= 11 is 0. The topological polar surface area (TPSA) is 148 Å². The van der Waals surface area contributed by atoms with Gasteiger partial charge < -0.3 is 29.5 Å². The van der Waals surface area contributed by atoms with Gasteiger partial charge in [0.15, 0.2) is 4.91 Å². The third-order valence-electron chi connectivity index (χ3n) is 6.93. The van der Waals surface area contributed by atoms with E-state index in [9.17, 15) is 29.0 Å². The van der Waals surface area contributed by atoms with Gasteiger partial charge in [-0.1, -0.05) is 18.2 Å². The van der Waals surface area contributed by atoms with Crippen LogP contribution in [0.25, 0.3) is 27.6 Å². The summed E-state index contributed by atoms with van der Waals surface area (Å²) in [4.78, 5) is 1.57. The molecule has 11 heteroatoms. The van der Waals surface area contributed by atoms with Crippen LogP contribution >= 0.6 is 0 Å². The number of hydrogen-bond acceptors (Lipinski definition) is 8. The number of nitrogens with one attached hydrogen (secondary N) is 1. The molecule has 1 aliphatic rings. The first-order valence-corrected chi connectivity index (χ1v) is 13.6. The Bertz CT molecular complexity index is 1520. The average Bonchev–Trinajstić information content (AvgIpc) is 3.27. The summed E-state index contributed by atoms with van der Waals surface area (Å²) in [5.41, 5.74) is 3.71. The minimum absolute atomic E-state index is 0.248. The van der Waals surface area contributed by atoms with Crippen molar-refractivity contribution in [1.82, 2.24) is 9.29 Å². The van der Waals surface area contributed by atoms with Crippen LogP contribution in [-0.2, 0) is 21.8 Å². The van der Waals surface area contributed by atoms with Crippen molar-refractivity contribution >= 4 is 32.1 Å². The molecule has 2 aromatic carbocycles. The van der Waals surface area contributed by atoms with Gasteiger partial charge in [0.25, 0.3) is 10.0 Å². The highest BCUT2D eigenvalue weighted by atomic mass is 32.2. The lowest BCUT2D eigenvalue weighted by atomic mass is 10.0. The lowest BCUT2D eigenvalue weighted by molar-refractivity contribution is -0.184. The van der Waals surface area contributed by atoms with Crippen LogP contribution in [0, 0.1) is 11.3 Å². The first-order valence-electron chi connectivity index (χ1n) is 12.1. The Labute approximate surface area is 222 Å². The van der Waals surface area contributed by atoms with Gasteiger partial charge in [0.2, 0.25) is 0 Å². The Hall–Kier alpha value is -3.24. The number of rotatable bonds is 7. The number of sulfonamides is 1. The highest BCUT2D eigenvalue weighted by Crippen LogP contribution is 2.31. The third kappa shape index (κ3) is 5.33. The van der Waals surface area contributed by atoms with E-state index >= 15 is 0 Å². The normalized spacial score (nSPS) is 22.7. The Morgan fingerprint density at radius 3 is 2.47 bits per heavy atom. The molecule has 4 rings (SSSR count). The van der Waals surface area contributed by atoms with E-state index in [2.05, 4.69) is 22.9 Å². The van der Waals surface area contributed by atoms with Gasteiger partial charge in [0, 0.05) is 50.3 Å². The van der Waals surface area contributed by atoms with E-state index in [1.807, 2.05) is 54.9 Å². The van der Waals surface area contributed by atoms with Crippen LogP contribution in [0.2, 0.25) is 0 Å². The van der Waals surface area contributed by atoms with Crippen molar-refractivity contribution in [2.75, 3.05) is 32.1 Å². The van der Waals surface area contributed by atoms with Gasteiger partial charge in [0.05, 0.1) is 12.7 Å². The molecule has 0 amide bonds. The molecule has 4 N–H and O–H groups in total. The first kappa shape index (κ1) is 27.8. The Morgan fingerprint density at radius 1 is 1.11 bits per heavy atom. The zero-order valence-electron chi connectivity index (χ0n) is 21.7. The van der Waals surface area contributed by atoms with Crippen LogP contribution in [0.15, 0.2) is 53.4 Å². The average molecular weight is 541 g/mol. The Kier molecular flexibility index (Phi) is 7.94. The molecule has 202 valence electrons. The zero-order chi connectivity index (χ0) is 27.8. The minimum atomic E-state index is -4.27. The van der Waals surface area contributed by atoms with Crippen LogP contribution in [0.5, 0.6) is 0 Å². The quantitative estimate of drug-likeness (QED) is 0.330. The fraction of sp³-hybridized carbons (Fsp3) is 0.370. The number of aromatic nitrogens is 1. The molecule has 0 bridgehead atoms. The predicted octanol–water partition coefficient (Wildman–Crippen LogP) is 1.57. The van der Waals surface area contributed by atoms with Crippen LogP contribution in [0.1, 0.15) is 12.6 Å². The van der Waals surface area contributed by atoms with Gasteiger partial charge in [0.1, 0.15) is 24.4 Å². The van der Waals surface area contributed by atoms with E-state index in [1.54, 1.807) is 19.1 Å². The molecular formula is C27H32N4O6S. The van der Waals surface area contributed by atoms with Crippen molar-refractivity contribution < 1.29 is 28.5 Å². The number of anilines is 1. The summed E-state index contributed by atoms with van der Waals surface area (Å²) < 4.78 is 35.4. The molecule has 1 fully saturated rings. The standard InChI is InChI=1S/C27H32N4O6S/c1-16(25(13-28)38(35,36)29-14-24-27(34)26(33)23(32)15-37-24)21-9-10-22(31(21)4)19-6-5-18-12-20(30(2)3)8-7-17(18)11-19/h5-12,23-24,26-27,29,32-34H,14-15H2,1-4H3/b25-16+/t23-,24+,26+,27+/m0/s1. The van der Waals surface area contributed by atoms with Crippen molar-refractivity contribution in [3.8, 4) is 17.3 Å². The van der Waals surface area contributed by atoms with Crippen molar-refractivity contribution in [2.24, 2.45) is 7.05 Å². The van der Waals surface area contributed by atoms with E-state index in [4.69, 9.17) is 4.74 Å². The van der Waals surface area contributed by atoms with Gasteiger partial charge >= 0.3 is 0 Å². The second-order valence-corrected chi connectivity index (χ2v) is 11.3. The summed E-state index contributed by atoms with van der Waals surface area (Å²) in [7, 11) is 1.52. The van der Waals surface area contributed by atoms with E-state index in [0.29, 0.717) is 5.69 Å². The SMILES string of the molecule is C/C(=C(/C#N)S(=O)(=O)NC[C@H]1OC[C@H](O)[C@@H](O)[C@@H]1O)c1ccc(-c2ccc3cc(N(C)C)ccc3c2)n1C. The van der Waals surface area contributed by atoms with Crippen LogP contribution in [0.4, 0.5) is 5.69 Å². The molecule has 38 heavy (non-hydrogen) atoms. The van der Waals surface area contributed by atoms with E-state index < -0.39 is 39.3 Å². The van der Waals surface area contributed by atoms with Gasteiger partial charge in [-0.3, -0.25) is 0 Å². The molecule has 0 aliphatic carbocycles. The summed E-state index contributed by atoms with van der Waals surface area (Å²) in [6, 6.07) is 17.8. The van der Waals surface area contributed by atoms with Gasteiger partial charge in [-0.2, -0.15) is 5.26 Å². The molecular weight excluding hydrogens is 508 g/mol. The van der Waals surface area contributed by atoms with Crippen molar-refractivity contribution in [2.45, 2.75) is 31.3 Å². The molecule has 4 atom stereocenters. The second-order valence-electron chi connectivity index (χ2n) is 9.64. The van der Waals surface area contributed by atoms with Gasteiger partial charge in [-0.25, -0.2) is 13.1 Å². The summed E-state index contributed by atoms with van der Waals surface area (Å²) in [6.45, 7) is 0.936. The fourth-order valence-electron chi connectivity index (χ4n) is 4.62. The number of ether oxygens (including phenoxy) is 1.